The Morgan fingerprint density at radius 2 is 1.71 bits per heavy atom. The molecule has 6 nitrogen and oxygen atoms in total. The first kappa shape index (κ1) is 18.0. The molecule has 0 amide bonds. The fraction of sp³-hybridized carbons (Fsp3) is 0.0526. The van der Waals surface area contributed by atoms with Crippen LogP contribution < -0.4 is 5.14 Å². The van der Waals surface area contributed by atoms with Gasteiger partial charge in [0.1, 0.15) is 5.69 Å². The van der Waals surface area contributed by atoms with Gasteiger partial charge in [-0.1, -0.05) is 18.2 Å². The molecule has 9 heteroatoms. The second-order valence-electron chi connectivity index (χ2n) is 6.15. The van der Waals surface area contributed by atoms with Gasteiger partial charge in [-0.25, -0.2) is 27.0 Å². The van der Waals surface area contributed by atoms with E-state index in [4.69, 9.17) is 10.4 Å². The number of nitrogens with two attached hydrogens (primary N) is 1. The molecule has 1 aromatic heterocycles. The molecule has 0 saturated heterocycles. The summed E-state index contributed by atoms with van der Waals surface area (Å²) in [5.41, 5.74) is 0.920. The number of halogens is 2. The zero-order chi connectivity index (χ0) is 20.1. The Hall–Kier alpha value is -3.35. The number of nitriles is 1. The summed E-state index contributed by atoms with van der Waals surface area (Å²) in [6, 6.07) is 15.7. The van der Waals surface area contributed by atoms with Crippen molar-refractivity contribution in [3.8, 4) is 11.8 Å². The first-order valence-corrected chi connectivity index (χ1v) is 9.61. The number of hydrogen-bond donors (Lipinski definition) is 1. The molecule has 140 valence electrons. The highest BCUT2D eigenvalue weighted by Crippen LogP contribution is 2.34. The van der Waals surface area contributed by atoms with E-state index in [2.05, 4.69) is 5.10 Å². The van der Waals surface area contributed by atoms with Gasteiger partial charge < -0.3 is 0 Å². The Kier molecular flexibility index (Phi) is 4.10. The quantitative estimate of drug-likeness (QED) is 0.569. The molecule has 0 unspecified atom stereocenters. The number of rotatable bonds is 3. The molecule has 0 bridgehead atoms. The summed E-state index contributed by atoms with van der Waals surface area (Å²) < 4.78 is 51.3. The zero-order valence-electron chi connectivity index (χ0n) is 14.2. The van der Waals surface area contributed by atoms with E-state index in [1.54, 1.807) is 30.3 Å². The Morgan fingerprint density at radius 3 is 2.32 bits per heavy atom. The average Bonchev–Trinajstić information content (AvgIpc) is 3.07. The van der Waals surface area contributed by atoms with Gasteiger partial charge in [0.15, 0.2) is 0 Å². The molecule has 0 radical (unpaired) electrons. The van der Waals surface area contributed by atoms with Crippen LogP contribution in [0.1, 0.15) is 17.7 Å². The largest absolute Gasteiger partial charge is 0.282 e. The topological polar surface area (TPSA) is 102 Å². The molecule has 2 N–H and O–H groups in total. The summed E-state index contributed by atoms with van der Waals surface area (Å²) in [7, 11) is -3.88. The lowest BCUT2D eigenvalue weighted by Crippen LogP contribution is -2.12. The minimum absolute atomic E-state index is 0.0923. The Morgan fingerprint density at radius 1 is 1.04 bits per heavy atom. The van der Waals surface area contributed by atoms with Crippen LogP contribution in [-0.2, 0) is 10.0 Å². The molecule has 28 heavy (non-hydrogen) atoms. The highest BCUT2D eigenvalue weighted by atomic mass is 32.2. The standard InChI is InChI=1S/C19H12F2N4O2S/c20-19(21)17-16-8-2-12-9-11(10-22)1-7-15(12)18(16)25(24-17)13-3-5-14(6-4-13)28(23,26)27/h1-9,19H,(H2,23,26,27). The van der Waals surface area contributed by atoms with Crippen molar-refractivity contribution in [3.63, 3.8) is 0 Å². The van der Waals surface area contributed by atoms with Crippen molar-refractivity contribution < 1.29 is 17.2 Å². The predicted molar refractivity (Wildman–Crippen MR) is 99.6 cm³/mol. The van der Waals surface area contributed by atoms with Crippen LogP contribution in [0.3, 0.4) is 0 Å². The first-order chi connectivity index (χ1) is 13.3. The van der Waals surface area contributed by atoms with Crippen molar-refractivity contribution in [2.45, 2.75) is 11.3 Å². The molecule has 0 aliphatic rings. The van der Waals surface area contributed by atoms with Crippen LogP contribution in [0.5, 0.6) is 0 Å². The summed E-state index contributed by atoms with van der Waals surface area (Å²) in [6.45, 7) is 0. The number of nitrogens with zero attached hydrogens (tertiary/aromatic N) is 3. The summed E-state index contributed by atoms with van der Waals surface area (Å²) in [6.07, 6.45) is -2.79. The molecular formula is C19H12F2N4O2S. The lowest BCUT2D eigenvalue weighted by atomic mass is 10.0. The molecule has 0 fully saturated rings. The smallest absolute Gasteiger partial charge is 0.232 e. The van der Waals surface area contributed by atoms with Crippen LogP contribution in [-0.4, -0.2) is 18.2 Å². The zero-order valence-corrected chi connectivity index (χ0v) is 15.0. The summed E-state index contributed by atoms with van der Waals surface area (Å²) >= 11 is 0. The van der Waals surface area contributed by atoms with Crippen LogP contribution in [0.2, 0.25) is 0 Å². The van der Waals surface area contributed by atoms with Gasteiger partial charge in [0.05, 0.1) is 27.7 Å². The minimum Gasteiger partial charge on any atom is -0.232 e. The summed E-state index contributed by atoms with van der Waals surface area (Å²) in [5, 5.41) is 19.9. The number of hydrogen-bond acceptors (Lipinski definition) is 4. The number of sulfonamides is 1. The maximum atomic E-state index is 13.6. The lowest BCUT2D eigenvalue weighted by molar-refractivity contribution is 0.147. The molecule has 0 aliphatic heterocycles. The third kappa shape index (κ3) is 2.89. The fourth-order valence-corrected chi connectivity index (χ4v) is 3.67. The van der Waals surface area contributed by atoms with Gasteiger partial charge in [-0.2, -0.15) is 10.4 Å². The SMILES string of the molecule is N#Cc1ccc2c(ccc3c(C(F)F)nn(-c4ccc(S(N)(=O)=O)cc4)c32)c1. The van der Waals surface area contributed by atoms with Crippen molar-refractivity contribution in [1.82, 2.24) is 9.78 Å². The Bertz CT molecular complexity index is 1370. The van der Waals surface area contributed by atoms with Crippen LogP contribution in [0, 0.1) is 11.3 Å². The number of benzene rings is 3. The van der Waals surface area contributed by atoms with E-state index in [1.165, 1.54) is 28.9 Å². The van der Waals surface area contributed by atoms with Gasteiger partial charge in [-0.05, 0) is 41.8 Å². The Balaban J connectivity index is 2.04. The third-order valence-corrected chi connectivity index (χ3v) is 5.36. The van der Waals surface area contributed by atoms with Crippen LogP contribution in [0.4, 0.5) is 8.78 Å². The van der Waals surface area contributed by atoms with E-state index in [-0.39, 0.29) is 16.0 Å². The molecule has 1 heterocycles. The molecule has 3 aromatic carbocycles. The van der Waals surface area contributed by atoms with Gasteiger partial charge in [0.25, 0.3) is 6.43 Å². The highest BCUT2D eigenvalue weighted by molar-refractivity contribution is 7.89. The Labute approximate surface area is 158 Å². The van der Waals surface area contributed by atoms with Crippen molar-refractivity contribution in [3.05, 3.63) is 65.9 Å². The van der Waals surface area contributed by atoms with Crippen molar-refractivity contribution in [2.75, 3.05) is 0 Å². The maximum absolute atomic E-state index is 13.6. The fourth-order valence-electron chi connectivity index (χ4n) is 3.15. The van der Waals surface area contributed by atoms with Crippen LogP contribution in [0.25, 0.3) is 27.4 Å². The van der Waals surface area contributed by atoms with Gasteiger partial charge in [0, 0.05) is 10.8 Å². The predicted octanol–water partition coefficient (Wildman–Crippen LogP) is 3.64. The molecule has 0 aliphatic carbocycles. The highest BCUT2D eigenvalue weighted by Gasteiger charge is 2.21. The minimum atomic E-state index is -3.88. The first-order valence-electron chi connectivity index (χ1n) is 8.06. The molecule has 0 spiro atoms. The number of primary sulfonamides is 1. The number of alkyl halides is 2. The number of aromatic nitrogens is 2. The molecule has 0 saturated carbocycles. The normalized spacial score (nSPS) is 12.0. The van der Waals surface area contributed by atoms with Gasteiger partial charge in [-0.3, -0.25) is 0 Å². The van der Waals surface area contributed by atoms with Crippen molar-refractivity contribution in [1.29, 1.82) is 5.26 Å². The van der Waals surface area contributed by atoms with E-state index >= 15 is 0 Å². The van der Waals surface area contributed by atoms with Gasteiger partial charge >= 0.3 is 0 Å². The van der Waals surface area contributed by atoms with E-state index < -0.39 is 16.4 Å². The monoisotopic (exact) mass is 398 g/mol. The third-order valence-electron chi connectivity index (χ3n) is 4.43. The van der Waals surface area contributed by atoms with Crippen LogP contribution in [0.15, 0.2) is 59.5 Å². The lowest BCUT2D eigenvalue weighted by Gasteiger charge is -2.07. The second kappa shape index (κ2) is 6.37. The van der Waals surface area contributed by atoms with E-state index in [1.807, 2.05) is 6.07 Å². The summed E-state index contributed by atoms with van der Waals surface area (Å²) in [4.78, 5) is -0.0923. The van der Waals surface area contributed by atoms with Gasteiger partial charge in [-0.15, -0.1) is 0 Å². The van der Waals surface area contributed by atoms with E-state index in [9.17, 15) is 17.2 Å². The molecule has 4 aromatic rings. The molecule has 4 rings (SSSR count). The van der Waals surface area contributed by atoms with Gasteiger partial charge in [0.2, 0.25) is 10.0 Å². The average molecular weight is 398 g/mol. The van der Waals surface area contributed by atoms with E-state index in [0.29, 0.717) is 27.5 Å². The summed E-state index contributed by atoms with van der Waals surface area (Å²) in [5.74, 6) is 0. The second-order valence-corrected chi connectivity index (χ2v) is 7.71. The molecular weight excluding hydrogens is 386 g/mol. The van der Waals surface area contributed by atoms with Crippen LogP contribution >= 0.6 is 0 Å². The van der Waals surface area contributed by atoms with Crippen molar-refractivity contribution >= 4 is 31.7 Å². The maximum Gasteiger partial charge on any atom is 0.282 e. The van der Waals surface area contributed by atoms with E-state index in [0.717, 1.165) is 0 Å². The molecule has 0 atom stereocenters. The van der Waals surface area contributed by atoms with Crippen molar-refractivity contribution in [2.24, 2.45) is 5.14 Å². The number of fused-ring (bicyclic) bond motifs is 3.